The van der Waals surface area contributed by atoms with E-state index in [1.807, 2.05) is 16.6 Å². The lowest BCUT2D eigenvalue weighted by molar-refractivity contribution is 0.0526. The Morgan fingerprint density at radius 2 is 2.07 bits per heavy atom. The number of esters is 1. The molecule has 7 heteroatoms. The van der Waals surface area contributed by atoms with Gasteiger partial charge >= 0.3 is 5.97 Å². The van der Waals surface area contributed by atoms with Crippen LogP contribution in [0.4, 0.5) is 0 Å². The number of hydrogen-bond donors (Lipinski definition) is 1. The highest BCUT2D eigenvalue weighted by Gasteiger charge is 2.20. The molecule has 6 nitrogen and oxygen atoms in total. The molecule has 4 aromatic rings. The van der Waals surface area contributed by atoms with E-state index in [9.17, 15) is 4.79 Å². The molecule has 0 atom stereocenters. The van der Waals surface area contributed by atoms with E-state index >= 15 is 0 Å². The Bertz CT molecular complexity index is 1160. The van der Waals surface area contributed by atoms with Crippen LogP contribution in [0, 0.1) is 0 Å². The fraction of sp³-hybridized carbons (Fsp3) is 0.286. The van der Waals surface area contributed by atoms with E-state index in [4.69, 9.17) is 4.74 Å². The molecule has 0 radical (unpaired) electrons. The SMILES string of the molecule is CCOC(=O)c1ccc2c(c1)sc1nc(-c3ccc(CNC4CC4)cc3)nn12. The standard InChI is InChI=1S/C21H20N4O2S/c1-2-27-20(26)15-7-10-17-18(11-15)28-21-23-19(24-25(17)21)14-5-3-13(4-6-14)12-22-16-8-9-16/h3-7,10-11,16,22H,2,8-9,12H2,1H3. The Morgan fingerprint density at radius 1 is 1.25 bits per heavy atom. The maximum atomic E-state index is 11.9. The molecule has 0 aliphatic heterocycles. The molecule has 0 spiro atoms. The van der Waals surface area contributed by atoms with Gasteiger partial charge in [0, 0.05) is 18.2 Å². The first-order valence-corrected chi connectivity index (χ1v) is 10.3. The minimum Gasteiger partial charge on any atom is -0.462 e. The highest BCUT2D eigenvalue weighted by atomic mass is 32.1. The summed E-state index contributed by atoms with van der Waals surface area (Å²) >= 11 is 1.52. The van der Waals surface area contributed by atoms with Crippen LogP contribution in [-0.2, 0) is 11.3 Å². The Labute approximate surface area is 166 Å². The van der Waals surface area contributed by atoms with Gasteiger partial charge in [0.2, 0.25) is 4.96 Å². The van der Waals surface area contributed by atoms with E-state index in [1.54, 1.807) is 13.0 Å². The molecule has 1 aliphatic carbocycles. The lowest BCUT2D eigenvalue weighted by Crippen LogP contribution is -2.15. The molecule has 1 saturated carbocycles. The van der Waals surface area contributed by atoms with Gasteiger partial charge in [-0.15, -0.1) is 5.10 Å². The Balaban J connectivity index is 1.42. The van der Waals surface area contributed by atoms with E-state index in [1.165, 1.54) is 29.7 Å². The molecule has 2 aromatic heterocycles. The fourth-order valence-corrected chi connectivity index (χ4v) is 4.17. The van der Waals surface area contributed by atoms with Crippen molar-refractivity contribution in [3.05, 3.63) is 53.6 Å². The van der Waals surface area contributed by atoms with Gasteiger partial charge in [-0.05, 0) is 43.5 Å². The van der Waals surface area contributed by atoms with Crippen molar-refractivity contribution in [1.29, 1.82) is 0 Å². The molecule has 2 heterocycles. The number of nitrogens with zero attached hydrogens (tertiary/aromatic N) is 3. The highest BCUT2D eigenvalue weighted by Crippen LogP contribution is 2.28. The molecule has 0 amide bonds. The number of carbonyl (C=O) groups excluding carboxylic acids is 1. The minimum atomic E-state index is -0.305. The molecule has 0 saturated heterocycles. The number of aromatic nitrogens is 3. The third kappa shape index (κ3) is 3.27. The summed E-state index contributed by atoms with van der Waals surface area (Å²) < 4.78 is 7.88. The number of hydrogen-bond acceptors (Lipinski definition) is 6. The van der Waals surface area contributed by atoms with E-state index in [-0.39, 0.29) is 5.97 Å². The molecular weight excluding hydrogens is 372 g/mol. The maximum Gasteiger partial charge on any atom is 0.338 e. The number of nitrogens with one attached hydrogen (secondary N) is 1. The number of rotatable bonds is 6. The van der Waals surface area contributed by atoms with Crippen molar-refractivity contribution in [1.82, 2.24) is 19.9 Å². The third-order valence-corrected chi connectivity index (χ3v) is 5.86. The second-order valence-electron chi connectivity index (χ2n) is 6.99. The van der Waals surface area contributed by atoms with E-state index in [2.05, 4.69) is 39.7 Å². The van der Waals surface area contributed by atoms with Crippen LogP contribution in [0.1, 0.15) is 35.7 Å². The van der Waals surface area contributed by atoms with Gasteiger partial charge in [0.1, 0.15) is 0 Å². The second-order valence-corrected chi connectivity index (χ2v) is 8.00. The van der Waals surface area contributed by atoms with Crippen molar-refractivity contribution >= 4 is 32.5 Å². The summed E-state index contributed by atoms with van der Waals surface area (Å²) in [5.41, 5.74) is 3.77. The summed E-state index contributed by atoms with van der Waals surface area (Å²) in [6.45, 7) is 3.08. The van der Waals surface area contributed by atoms with E-state index < -0.39 is 0 Å². The van der Waals surface area contributed by atoms with Crippen LogP contribution >= 0.6 is 11.3 Å². The topological polar surface area (TPSA) is 68.5 Å². The third-order valence-electron chi connectivity index (χ3n) is 4.86. The minimum absolute atomic E-state index is 0.305. The monoisotopic (exact) mass is 392 g/mol. The lowest BCUT2D eigenvalue weighted by Gasteiger charge is -2.03. The van der Waals surface area contributed by atoms with Gasteiger partial charge in [-0.3, -0.25) is 0 Å². The largest absolute Gasteiger partial charge is 0.462 e. The van der Waals surface area contributed by atoms with Crippen molar-refractivity contribution < 1.29 is 9.53 Å². The van der Waals surface area contributed by atoms with Gasteiger partial charge in [0.15, 0.2) is 5.82 Å². The first kappa shape index (κ1) is 17.3. The Hall–Kier alpha value is -2.77. The van der Waals surface area contributed by atoms with Crippen LogP contribution in [0.15, 0.2) is 42.5 Å². The quantitative estimate of drug-likeness (QED) is 0.502. The summed E-state index contributed by atoms with van der Waals surface area (Å²) in [4.78, 5) is 17.4. The zero-order chi connectivity index (χ0) is 19.1. The molecule has 5 rings (SSSR count). The average molecular weight is 392 g/mol. The van der Waals surface area contributed by atoms with Crippen molar-refractivity contribution in [2.75, 3.05) is 6.61 Å². The zero-order valence-electron chi connectivity index (χ0n) is 15.5. The number of carbonyl (C=O) groups is 1. The van der Waals surface area contributed by atoms with Gasteiger partial charge in [0.05, 0.1) is 22.4 Å². The number of fused-ring (bicyclic) bond motifs is 3. The normalized spacial score (nSPS) is 14.0. The smallest absolute Gasteiger partial charge is 0.338 e. The molecule has 1 fully saturated rings. The Morgan fingerprint density at radius 3 is 2.82 bits per heavy atom. The molecule has 28 heavy (non-hydrogen) atoms. The van der Waals surface area contributed by atoms with Gasteiger partial charge in [0.25, 0.3) is 0 Å². The summed E-state index contributed by atoms with van der Waals surface area (Å²) in [7, 11) is 0. The molecular formula is C21H20N4O2S. The van der Waals surface area contributed by atoms with Crippen LogP contribution < -0.4 is 5.32 Å². The molecule has 2 aromatic carbocycles. The van der Waals surface area contributed by atoms with Gasteiger partial charge in [-0.25, -0.2) is 9.31 Å². The lowest BCUT2D eigenvalue weighted by atomic mass is 10.1. The average Bonchev–Trinajstić information content (AvgIpc) is 3.35. The van der Waals surface area contributed by atoms with Crippen LogP contribution in [0.3, 0.4) is 0 Å². The molecule has 1 N–H and O–H groups in total. The first-order valence-electron chi connectivity index (χ1n) is 9.50. The second kappa shape index (κ2) is 7.00. The molecule has 0 unspecified atom stereocenters. The van der Waals surface area contributed by atoms with Crippen molar-refractivity contribution in [3.8, 4) is 11.4 Å². The number of ether oxygens (including phenoxy) is 1. The summed E-state index contributed by atoms with van der Waals surface area (Å²) in [5, 5.41) is 8.20. The van der Waals surface area contributed by atoms with Crippen LogP contribution in [0.25, 0.3) is 26.6 Å². The van der Waals surface area contributed by atoms with E-state index in [0.717, 1.165) is 27.3 Å². The van der Waals surface area contributed by atoms with Gasteiger partial charge in [-0.2, -0.15) is 4.98 Å². The van der Waals surface area contributed by atoms with E-state index in [0.29, 0.717) is 24.0 Å². The van der Waals surface area contributed by atoms with Crippen molar-refractivity contribution in [2.45, 2.75) is 32.4 Å². The molecule has 1 aliphatic rings. The highest BCUT2D eigenvalue weighted by molar-refractivity contribution is 7.23. The zero-order valence-corrected chi connectivity index (χ0v) is 16.3. The summed E-state index contributed by atoms with van der Waals surface area (Å²) in [6, 6.07) is 14.6. The Kier molecular flexibility index (Phi) is 4.33. The van der Waals surface area contributed by atoms with Crippen LogP contribution in [-0.4, -0.2) is 33.2 Å². The molecule has 142 valence electrons. The maximum absolute atomic E-state index is 11.9. The fourth-order valence-electron chi connectivity index (χ4n) is 3.17. The first-order chi connectivity index (χ1) is 13.7. The van der Waals surface area contributed by atoms with Crippen molar-refractivity contribution in [3.63, 3.8) is 0 Å². The summed E-state index contributed by atoms with van der Waals surface area (Å²) in [6.07, 6.45) is 2.59. The number of benzene rings is 2. The predicted octanol–water partition coefficient (Wildman–Crippen LogP) is 4.04. The van der Waals surface area contributed by atoms with Gasteiger partial charge < -0.3 is 10.1 Å². The van der Waals surface area contributed by atoms with Gasteiger partial charge in [-0.1, -0.05) is 35.6 Å². The predicted molar refractivity (Wildman–Crippen MR) is 110 cm³/mol. The summed E-state index contributed by atoms with van der Waals surface area (Å²) in [5.74, 6) is 0.407. The van der Waals surface area contributed by atoms with Crippen LogP contribution in [0.2, 0.25) is 0 Å². The van der Waals surface area contributed by atoms with Crippen molar-refractivity contribution in [2.24, 2.45) is 0 Å². The molecule has 0 bridgehead atoms. The van der Waals surface area contributed by atoms with Crippen LogP contribution in [0.5, 0.6) is 0 Å². The number of thiazole rings is 1.